The Morgan fingerprint density at radius 3 is 2.59 bits per heavy atom. The van der Waals surface area contributed by atoms with Gasteiger partial charge in [0.15, 0.2) is 5.65 Å². The molecule has 7 nitrogen and oxygen atoms in total. The number of carbonyl (C=O) groups excluding carboxylic acids is 1. The van der Waals surface area contributed by atoms with Crippen LogP contribution in [0.4, 0.5) is 16.3 Å². The number of anilines is 2. The van der Waals surface area contributed by atoms with Crippen LogP contribution in [0.1, 0.15) is 11.1 Å². The van der Waals surface area contributed by atoms with Crippen LogP contribution in [0.15, 0.2) is 59.2 Å². The smallest absolute Gasteiger partial charge is 0.319 e. The molecule has 164 valence electrons. The van der Waals surface area contributed by atoms with Crippen molar-refractivity contribution in [1.29, 1.82) is 0 Å². The molecule has 2 aromatic heterocycles. The third-order valence-electron chi connectivity index (χ3n) is 5.01. The third kappa shape index (κ3) is 4.71. The largest absolute Gasteiger partial charge is 0.368 e. The number of para-hydroxylation sites is 1. The minimum absolute atomic E-state index is 0.248. The maximum Gasteiger partial charge on any atom is 0.319 e. The van der Waals surface area contributed by atoms with Crippen molar-refractivity contribution in [3.8, 4) is 11.3 Å². The van der Waals surface area contributed by atoms with Gasteiger partial charge < -0.3 is 16.0 Å². The summed E-state index contributed by atoms with van der Waals surface area (Å²) in [6.07, 6.45) is 1.69. The van der Waals surface area contributed by atoms with Crippen LogP contribution in [-0.4, -0.2) is 33.7 Å². The molecule has 32 heavy (non-hydrogen) atoms. The van der Waals surface area contributed by atoms with Crippen molar-refractivity contribution in [2.45, 2.75) is 13.8 Å². The predicted molar refractivity (Wildman–Crippen MR) is 133 cm³/mol. The molecule has 0 atom stereocenters. The van der Waals surface area contributed by atoms with Crippen molar-refractivity contribution >= 4 is 50.7 Å². The first-order chi connectivity index (χ1) is 15.4. The molecule has 0 saturated carbocycles. The molecule has 0 unspecified atom stereocenters. The Balaban J connectivity index is 1.45. The van der Waals surface area contributed by atoms with E-state index >= 15 is 0 Å². The SMILES string of the molecule is Cc1cccc(C)c1NC(=O)NCCNc1cc(-c2ccccc2Cl)nc2c(Br)cnn12. The minimum atomic E-state index is -0.248. The number of aryl methyl sites for hydroxylation is 2. The molecule has 0 fully saturated rings. The molecule has 0 bridgehead atoms. The van der Waals surface area contributed by atoms with Crippen LogP contribution < -0.4 is 16.0 Å². The van der Waals surface area contributed by atoms with E-state index in [9.17, 15) is 4.79 Å². The molecule has 0 saturated heterocycles. The average Bonchev–Trinajstić information content (AvgIpc) is 3.15. The van der Waals surface area contributed by atoms with E-state index in [2.05, 4.69) is 37.0 Å². The number of amides is 2. The second-order valence-electron chi connectivity index (χ2n) is 7.31. The Kier molecular flexibility index (Phi) is 6.62. The van der Waals surface area contributed by atoms with Crippen LogP contribution in [-0.2, 0) is 0 Å². The summed E-state index contributed by atoms with van der Waals surface area (Å²) in [7, 11) is 0. The fraction of sp³-hybridized carbons (Fsp3) is 0.174. The lowest BCUT2D eigenvalue weighted by atomic mass is 10.1. The molecule has 2 aromatic carbocycles. The number of aromatic nitrogens is 3. The molecule has 0 aliphatic heterocycles. The number of rotatable bonds is 6. The molecule has 2 amide bonds. The molecule has 3 N–H and O–H groups in total. The predicted octanol–water partition coefficient (Wildman–Crippen LogP) is 5.66. The lowest BCUT2D eigenvalue weighted by molar-refractivity contribution is 0.252. The molecule has 4 aromatic rings. The van der Waals surface area contributed by atoms with Gasteiger partial charge in [0.25, 0.3) is 0 Å². The summed E-state index contributed by atoms with van der Waals surface area (Å²) in [5.41, 5.74) is 5.11. The number of carbonyl (C=O) groups is 1. The summed E-state index contributed by atoms with van der Waals surface area (Å²) in [6, 6.07) is 15.1. The van der Waals surface area contributed by atoms with E-state index in [1.165, 1.54) is 0 Å². The number of hydrogen-bond acceptors (Lipinski definition) is 4. The first kappa shape index (κ1) is 22.1. The van der Waals surface area contributed by atoms with Crippen LogP contribution in [0, 0.1) is 13.8 Å². The third-order valence-corrected chi connectivity index (χ3v) is 5.90. The van der Waals surface area contributed by atoms with Gasteiger partial charge in [-0.2, -0.15) is 9.61 Å². The van der Waals surface area contributed by atoms with Crippen molar-refractivity contribution in [2.24, 2.45) is 0 Å². The van der Waals surface area contributed by atoms with E-state index in [0.29, 0.717) is 23.8 Å². The molecule has 4 rings (SSSR count). The molecule has 2 heterocycles. The lowest BCUT2D eigenvalue weighted by Gasteiger charge is -2.14. The highest BCUT2D eigenvalue weighted by atomic mass is 79.9. The topological polar surface area (TPSA) is 83.4 Å². The van der Waals surface area contributed by atoms with Gasteiger partial charge in [0.05, 0.1) is 16.4 Å². The molecular weight excluding hydrogens is 492 g/mol. The van der Waals surface area contributed by atoms with Gasteiger partial charge in [-0.05, 0) is 47.0 Å². The fourth-order valence-corrected chi connectivity index (χ4v) is 3.99. The Bertz CT molecular complexity index is 1270. The Hall–Kier alpha value is -3.10. The van der Waals surface area contributed by atoms with Crippen LogP contribution in [0.3, 0.4) is 0 Å². The Labute approximate surface area is 199 Å². The van der Waals surface area contributed by atoms with Crippen molar-refractivity contribution in [3.63, 3.8) is 0 Å². The highest BCUT2D eigenvalue weighted by molar-refractivity contribution is 9.10. The van der Waals surface area contributed by atoms with Crippen molar-refractivity contribution < 1.29 is 4.79 Å². The summed E-state index contributed by atoms with van der Waals surface area (Å²) in [6.45, 7) is 4.86. The lowest BCUT2D eigenvalue weighted by Crippen LogP contribution is -2.33. The number of fused-ring (bicyclic) bond motifs is 1. The molecule has 9 heteroatoms. The Morgan fingerprint density at radius 1 is 1.09 bits per heavy atom. The van der Waals surface area contributed by atoms with E-state index in [0.717, 1.165) is 38.4 Å². The maximum absolute atomic E-state index is 12.3. The summed E-state index contributed by atoms with van der Waals surface area (Å²) < 4.78 is 2.49. The van der Waals surface area contributed by atoms with Gasteiger partial charge >= 0.3 is 6.03 Å². The molecular formula is C23H22BrClN6O. The second-order valence-corrected chi connectivity index (χ2v) is 8.57. The highest BCUT2D eigenvalue weighted by Crippen LogP contribution is 2.30. The zero-order valence-electron chi connectivity index (χ0n) is 17.6. The molecule has 0 radical (unpaired) electrons. The number of hydrogen-bond donors (Lipinski definition) is 3. The highest BCUT2D eigenvalue weighted by Gasteiger charge is 2.13. The maximum atomic E-state index is 12.3. The number of benzene rings is 2. The standard InChI is InChI=1S/C23H22BrClN6O/c1-14-6-5-7-15(2)21(14)30-23(32)27-11-10-26-20-12-19(16-8-3-4-9-18(16)25)29-22-17(24)13-28-31(20)22/h3-9,12-13,26H,10-11H2,1-2H3,(H2,27,30,32). The number of halogens is 2. The van der Waals surface area contributed by atoms with Gasteiger partial charge in [-0.15, -0.1) is 0 Å². The quantitative estimate of drug-likeness (QED) is 0.290. The van der Waals surface area contributed by atoms with Crippen LogP contribution in [0.2, 0.25) is 5.02 Å². The van der Waals surface area contributed by atoms with Crippen molar-refractivity contribution in [3.05, 3.63) is 75.4 Å². The number of nitrogens with one attached hydrogen (secondary N) is 3. The average molecular weight is 514 g/mol. The number of nitrogens with zero attached hydrogens (tertiary/aromatic N) is 3. The number of urea groups is 1. The van der Waals surface area contributed by atoms with E-state index in [-0.39, 0.29) is 6.03 Å². The summed E-state index contributed by atoms with van der Waals surface area (Å²) in [5.74, 6) is 0.743. The van der Waals surface area contributed by atoms with Crippen LogP contribution >= 0.6 is 27.5 Å². The van der Waals surface area contributed by atoms with Crippen molar-refractivity contribution in [2.75, 3.05) is 23.7 Å². The zero-order chi connectivity index (χ0) is 22.7. The van der Waals surface area contributed by atoms with Gasteiger partial charge in [0.2, 0.25) is 0 Å². The molecule has 0 spiro atoms. The fourth-order valence-electron chi connectivity index (χ4n) is 3.40. The van der Waals surface area contributed by atoms with E-state index in [4.69, 9.17) is 16.6 Å². The van der Waals surface area contributed by atoms with Gasteiger partial charge in [-0.1, -0.05) is 48.0 Å². The van der Waals surface area contributed by atoms with E-state index in [1.807, 2.05) is 62.4 Å². The molecule has 0 aliphatic carbocycles. The summed E-state index contributed by atoms with van der Waals surface area (Å²) >= 11 is 9.88. The van der Waals surface area contributed by atoms with Gasteiger partial charge in [0.1, 0.15) is 5.82 Å². The Morgan fingerprint density at radius 2 is 1.84 bits per heavy atom. The zero-order valence-corrected chi connectivity index (χ0v) is 20.0. The van der Waals surface area contributed by atoms with Crippen LogP contribution in [0.25, 0.3) is 16.9 Å². The minimum Gasteiger partial charge on any atom is -0.368 e. The molecule has 0 aliphatic rings. The normalized spacial score (nSPS) is 10.9. The van der Waals surface area contributed by atoms with Crippen LogP contribution in [0.5, 0.6) is 0 Å². The van der Waals surface area contributed by atoms with Gasteiger partial charge in [-0.3, -0.25) is 0 Å². The van der Waals surface area contributed by atoms with Crippen molar-refractivity contribution in [1.82, 2.24) is 19.9 Å². The monoisotopic (exact) mass is 512 g/mol. The van der Waals surface area contributed by atoms with Gasteiger partial charge in [-0.25, -0.2) is 9.78 Å². The second kappa shape index (κ2) is 9.58. The van der Waals surface area contributed by atoms with Gasteiger partial charge in [0, 0.05) is 35.4 Å². The first-order valence-corrected chi connectivity index (χ1v) is 11.3. The van der Waals surface area contributed by atoms with E-state index < -0.39 is 0 Å². The summed E-state index contributed by atoms with van der Waals surface area (Å²) in [5, 5.41) is 14.1. The first-order valence-electron chi connectivity index (χ1n) is 10.1. The van der Waals surface area contributed by atoms with E-state index in [1.54, 1.807) is 10.7 Å². The summed E-state index contributed by atoms with van der Waals surface area (Å²) in [4.78, 5) is 17.0.